The quantitative estimate of drug-likeness (QED) is 0.786. The summed E-state index contributed by atoms with van der Waals surface area (Å²) in [6.45, 7) is 3.10. The Morgan fingerprint density at radius 3 is 2.31 bits per heavy atom. The molecule has 0 amide bonds. The molecule has 1 saturated carbocycles. The van der Waals surface area contributed by atoms with Crippen molar-refractivity contribution in [3.8, 4) is 0 Å². The first-order valence-corrected chi connectivity index (χ1v) is 6.25. The predicted octanol–water partition coefficient (Wildman–Crippen LogP) is 2.13. The predicted molar refractivity (Wildman–Crippen MR) is 58.5 cm³/mol. The van der Waals surface area contributed by atoms with Crippen LogP contribution in [-0.4, -0.2) is 42.7 Å². The normalized spacial score (nSPS) is 26.2. The highest BCUT2D eigenvalue weighted by Crippen LogP contribution is 2.46. The fourth-order valence-corrected chi connectivity index (χ4v) is 2.65. The molecule has 2 aliphatic rings. The van der Waals surface area contributed by atoms with Crippen LogP contribution in [0.3, 0.4) is 0 Å². The fraction of sp³-hybridized carbons (Fsp3) is 1.00. The number of hydrogen-bond donors (Lipinski definition) is 1. The van der Waals surface area contributed by atoms with Gasteiger partial charge in [-0.3, -0.25) is 0 Å². The summed E-state index contributed by atoms with van der Waals surface area (Å²) in [7, 11) is 0. The van der Waals surface area contributed by atoms with E-state index in [0.29, 0.717) is 0 Å². The Kier molecular flexibility index (Phi) is 3.80. The summed E-state index contributed by atoms with van der Waals surface area (Å²) in [4.78, 5) is 2.34. The highest BCUT2D eigenvalue weighted by Gasteiger charge is 2.43. The SMILES string of the molecule is OCC1(CN2CCC(CC(F)F)CC2)CC1. The van der Waals surface area contributed by atoms with E-state index in [2.05, 4.69) is 4.90 Å². The number of aliphatic hydroxyl groups is 1. The molecule has 16 heavy (non-hydrogen) atoms. The van der Waals surface area contributed by atoms with Crippen LogP contribution in [0.4, 0.5) is 8.78 Å². The minimum atomic E-state index is -2.15. The molecule has 1 aliphatic carbocycles. The van der Waals surface area contributed by atoms with E-state index in [-0.39, 0.29) is 24.4 Å². The van der Waals surface area contributed by atoms with Gasteiger partial charge in [0.2, 0.25) is 6.43 Å². The van der Waals surface area contributed by atoms with Gasteiger partial charge in [0.15, 0.2) is 0 Å². The van der Waals surface area contributed by atoms with Crippen LogP contribution in [0, 0.1) is 11.3 Å². The van der Waals surface area contributed by atoms with Gasteiger partial charge in [0, 0.05) is 25.0 Å². The third-order valence-electron chi connectivity index (χ3n) is 4.07. The molecule has 0 bridgehead atoms. The van der Waals surface area contributed by atoms with Crippen LogP contribution in [0.5, 0.6) is 0 Å². The Labute approximate surface area is 95.6 Å². The molecule has 0 radical (unpaired) electrons. The number of rotatable bonds is 5. The van der Waals surface area contributed by atoms with Crippen LogP contribution in [0.25, 0.3) is 0 Å². The summed E-state index contributed by atoms with van der Waals surface area (Å²) in [5, 5.41) is 9.23. The lowest BCUT2D eigenvalue weighted by Crippen LogP contribution is -2.39. The monoisotopic (exact) mass is 233 g/mol. The van der Waals surface area contributed by atoms with Gasteiger partial charge in [0.1, 0.15) is 0 Å². The van der Waals surface area contributed by atoms with Gasteiger partial charge in [-0.2, -0.15) is 0 Å². The van der Waals surface area contributed by atoms with Crippen LogP contribution in [0.1, 0.15) is 32.1 Å². The standard InChI is InChI=1S/C12H21F2NO/c13-11(14)7-10-1-5-15(6-2-10)8-12(9-16)3-4-12/h10-11,16H,1-9H2. The van der Waals surface area contributed by atoms with E-state index in [1.165, 1.54) is 0 Å². The van der Waals surface area contributed by atoms with E-state index < -0.39 is 6.43 Å². The molecular formula is C12H21F2NO. The maximum Gasteiger partial charge on any atom is 0.238 e. The molecule has 2 rings (SSSR count). The fourth-order valence-electron chi connectivity index (χ4n) is 2.65. The van der Waals surface area contributed by atoms with E-state index in [9.17, 15) is 13.9 Å². The summed E-state index contributed by atoms with van der Waals surface area (Å²) in [5.74, 6) is 0.209. The number of nitrogens with zero attached hydrogens (tertiary/aromatic N) is 1. The Morgan fingerprint density at radius 1 is 1.25 bits per heavy atom. The summed E-state index contributed by atoms with van der Waals surface area (Å²) < 4.78 is 24.4. The zero-order chi connectivity index (χ0) is 11.6. The number of halogens is 2. The van der Waals surface area contributed by atoms with Crippen molar-refractivity contribution in [2.75, 3.05) is 26.2 Å². The van der Waals surface area contributed by atoms with E-state index in [1.54, 1.807) is 0 Å². The zero-order valence-corrected chi connectivity index (χ0v) is 9.67. The molecule has 4 heteroatoms. The van der Waals surface area contributed by atoms with Gasteiger partial charge in [-0.15, -0.1) is 0 Å². The number of alkyl halides is 2. The summed E-state index contributed by atoms with van der Waals surface area (Å²) in [6.07, 6.45) is 1.96. The van der Waals surface area contributed by atoms with Crippen LogP contribution < -0.4 is 0 Å². The van der Waals surface area contributed by atoms with E-state index in [4.69, 9.17) is 0 Å². The molecule has 0 unspecified atom stereocenters. The molecular weight excluding hydrogens is 212 g/mol. The van der Waals surface area contributed by atoms with Gasteiger partial charge in [-0.25, -0.2) is 8.78 Å². The third kappa shape index (κ3) is 3.14. The Morgan fingerprint density at radius 2 is 1.88 bits per heavy atom. The lowest BCUT2D eigenvalue weighted by Gasteiger charge is -2.34. The summed E-state index contributed by atoms with van der Waals surface area (Å²) >= 11 is 0. The average molecular weight is 233 g/mol. The molecule has 0 aromatic heterocycles. The third-order valence-corrected chi connectivity index (χ3v) is 4.07. The summed E-state index contributed by atoms with van der Waals surface area (Å²) in [5.41, 5.74) is 0.162. The second-order valence-electron chi connectivity index (χ2n) is 5.50. The molecule has 1 N–H and O–H groups in total. The Bertz CT molecular complexity index is 223. The highest BCUT2D eigenvalue weighted by atomic mass is 19.3. The highest BCUT2D eigenvalue weighted by molar-refractivity contribution is 4.95. The molecule has 1 aliphatic heterocycles. The Hall–Kier alpha value is -0.220. The molecule has 0 atom stereocenters. The number of hydrogen-bond acceptors (Lipinski definition) is 2. The van der Waals surface area contributed by atoms with Crippen LogP contribution in [0.2, 0.25) is 0 Å². The van der Waals surface area contributed by atoms with Crippen molar-refractivity contribution in [1.82, 2.24) is 4.90 Å². The minimum Gasteiger partial charge on any atom is -0.396 e. The van der Waals surface area contributed by atoms with Crippen molar-refractivity contribution in [3.63, 3.8) is 0 Å². The van der Waals surface area contributed by atoms with Gasteiger partial charge < -0.3 is 10.0 Å². The molecule has 1 saturated heterocycles. The van der Waals surface area contributed by atoms with Crippen molar-refractivity contribution in [2.24, 2.45) is 11.3 Å². The topological polar surface area (TPSA) is 23.5 Å². The van der Waals surface area contributed by atoms with E-state index >= 15 is 0 Å². The van der Waals surface area contributed by atoms with Gasteiger partial charge in [-0.1, -0.05) is 0 Å². The smallest absolute Gasteiger partial charge is 0.238 e. The van der Waals surface area contributed by atoms with E-state index in [1.807, 2.05) is 0 Å². The molecule has 0 aromatic carbocycles. The lowest BCUT2D eigenvalue weighted by atomic mass is 9.93. The Balaban J connectivity index is 1.69. The second kappa shape index (κ2) is 4.96. The zero-order valence-electron chi connectivity index (χ0n) is 9.67. The average Bonchev–Trinajstić information content (AvgIpc) is 3.01. The van der Waals surface area contributed by atoms with Crippen molar-refractivity contribution >= 4 is 0 Å². The van der Waals surface area contributed by atoms with Crippen LogP contribution in [0.15, 0.2) is 0 Å². The van der Waals surface area contributed by atoms with Gasteiger partial charge in [0.25, 0.3) is 0 Å². The number of likely N-dealkylation sites (tertiary alicyclic amines) is 1. The minimum absolute atomic E-state index is 0.0684. The van der Waals surface area contributed by atoms with Crippen LogP contribution in [-0.2, 0) is 0 Å². The lowest BCUT2D eigenvalue weighted by molar-refractivity contribution is 0.0743. The molecule has 2 fully saturated rings. The first kappa shape index (κ1) is 12.2. The number of aliphatic hydroxyl groups excluding tert-OH is 1. The van der Waals surface area contributed by atoms with Gasteiger partial charge in [-0.05, 0) is 44.7 Å². The molecule has 1 heterocycles. The first-order valence-electron chi connectivity index (χ1n) is 6.25. The number of piperidine rings is 1. The van der Waals surface area contributed by atoms with Crippen LogP contribution >= 0.6 is 0 Å². The molecule has 0 spiro atoms. The molecule has 2 nitrogen and oxygen atoms in total. The van der Waals surface area contributed by atoms with Crippen molar-refractivity contribution < 1.29 is 13.9 Å². The second-order valence-corrected chi connectivity index (χ2v) is 5.50. The first-order chi connectivity index (χ1) is 7.63. The van der Waals surface area contributed by atoms with Crippen molar-refractivity contribution in [2.45, 2.75) is 38.5 Å². The molecule has 0 aromatic rings. The maximum absolute atomic E-state index is 12.2. The summed E-state index contributed by atoms with van der Waals surface area (Å²) in [6, 6.07) is 0. The largest absolute Gasteiger partial charge is 0.396 e. The maximum atomic E-state index is 12.2. The molecule has 94 valence electrons. The van der Waals surface area contributed by atoms with Crippen molar-refractivity contribution in [1.29, 1.82) is 0 Å². The van der Waals surface area contributed by atoms with Crippen molar-refractivity contribution in [3.05, 3.63) is 0 Å². The van der Waals surface area contributed by atoms with Gasteiger partial charge >= 0.3 is 0 Å². The van der Waals surface area contributed by atoms with Gasteiger partial charge in [0.05, 0.1) is 0 Å². The van der Waals surface area contributed by atoms with E-state index in [0.717, 1.165) is 45.3 Å².